The van der Waals surface area contributed by atoms with Gasteiger partial charge in [0, 0.05) is 81.1 Å². The van der Waals surface area contributed by atoms with E-state index in [-0.39, 0.29) is 41.9 Å². The Balaban J connectivity index is 0.000000113. The van der Waals surface area contributed by atoms with Crippen molar-refractivity contribution in [2.75, 3.05) is 16.0 Å². The third-order valence-corrected chi connectivity index (χ3v) is 31.8. The minimum absolute atomic E-state index is 0. The lowest BCUT2D eigenvalue weighted by Gasteiger charge is -2.31. The van der Waals surface area contributed by atoms with E-state index in [4.69, 9.17) is 5.73 Å². The maximum atomic E-state index is 6.31. The molecule has 0 aliphatic heterocycles. The van der Waals surface area contributed by atoms with Crippen molar-refractivity contribution in [1.29, 1.82) is 0 Å². The van der Waals surface area contributed by atoms with Crippen molar-refractivity contribution in [2.24, 2.45) is 0 Å². The normalized spacial score (nSPS) is 13.8. The number of nitrogen functional groups attached to an aromatic ring is 1. The zero-order valence-corrected chi connectivity index (χ0v) is 83.7. The minimum atomic E-state index is -0.115. The van der Waals surface area contributed by atoms with E-state index in [0.29, 0.717) is 0 Å². The van der Waals surface area contributed by atoms with Gasteiger partial charge in [0.05, 0.1) is 5.69 Å². The number of anilines is 6. The van der Waals surface area contributed by atoms with Crippen LogP contribution in [0, 0.1) is 0 Å². The Morgan fingerprint density at radius 3 is 0.958 bits per heavy atom. The van der Waals surface area contributed by atoms with Crippen LogP contribution in [0.2, 0.25) is 0 Å². The number of nitrogens with one attached hydrogen (secondary N) is 1. The predicted octanol–water partition coefficient (Wildman–Crippen LogP) is 39.5. The predicted molar refractivity (Wildman–Crippen MR) is 619 cm³/mol. The summed E-state index contributed by atoms with van der Waals surface area (Å²) in [6.45, 7) is 23.3. The molecule has 0 aromatic heterocycles. The van der Waals surface area contributed by atoms with Gasteiger partial charge in [-0.05, 0) is 271 Å². The average Bonchev–Trinajstić information content (AvgIpc) is 1.56. The second-order valence-corrected chi connectivity index (χ2v) is 42.5. The molecule has 0 amide bonds. The molecule has 142 heavy (non-hydrogen) atoms. The van der Waals surface area contributed by atoms with E-state index in [0.717, 1.165) is 42.9 Å². The van der Waals surface area contributed by atoms with Crippen molar-refractivity contribution in [3.05, 3.63) is 513 Å². The number of benzene rings is 22. The second kappa shape index (κ2) is 36.8. The molecule has 27 rings (SSSR count). The fourth-order valence-electron chi connectivity index (χ4n) is 23.7. The second-order valence-electron chi connectivity index (χ2n) is 40.6. The van der Waals surface area contributed by atoms with E-state index in [1.54, 1.807) is 0 Å². The van der Waals surface area contributed by atoms with E-state index >= 15 is 0 Å². The molecule has 5 heteroatoms. The molecule has 692 valence electrons. The molecule has 5 aliphatic carbocycles. The number of fused-ring (bicyclic) bond motifs is 21. The molecule has 0 unspecified atom stereocenters. The first-order valence-corrected chi connectivity index (χ1v) is 50.4. The van der Waals surface area contributed by atoms with Crippen molar-refractivity contribution in [2.45, 2.75) is 111 Å². The fraction of sp³-hybridized carbons (Fsp3) is 0.124. The summed E-state index contributed by atoms with van der Waals surface area (Å²) in [5.41, 5.74) is 47.8. The van der Waals surface area contributed by atoms with Crippen molar-refractivity contribution in [1.82, 2.24) is 0 Å². The lowest BCUT2D eigenvalue weighted by molar-refractivity contribution is 0.660. The Labute approximate surface area is 853 Å². The van der Waals surface area contributed by atoms with Crippen molar-refractivity contribution >= 4 is 131 Å². The van der Waals surface area contributed by atoms with Crippen molar-refractivity contribution in [3.8, 4) is 89.0 Å². The van der Waals surface area contributed by atoms with E-state index in [1.807, 2.05) is 6.07 Å². The van der Waals surface area contributed by atoms with Gasteiger partial charge in [0.1, 0.15) is 0 Å². The van der Waals surface area contributed by atoms with E-state index in [1.165, 1.54) is 209 Å². The summed E-state index contributed by atoms with van der Waals surface area (Å²) in [4.78, 5) is 2.52. The smallest absolute Gasteiger partial charge is 0.0546 e. The monoisotopic (exact) mass is 1960 g/mol. The molecule has 0 saturated carbocycles. The van der Waals surface area contributed by atoms with Gasteiger partial charge < -0.3 is 16.0 Å². The van der Waals surface area contributed by atoms with Gasteiger partial charge in [-0.1, -0.05) is 486 Å². The summed E-state index contributed by atoms with van der Waals surface area (Å²) in [7, 11) is 0. The van der Waals surface area contributed by atoms with Gasteiger partial charge in [-0.15, -0.1) is 0 Å². The van der Waals surface area contributed by atoms with Crippen LogP contribution in [0.3, 0.4) is 0 Å². The average molecular weight is 1960 g/mol. The van der Waals surface area contributed by atoms with Gasteiger partial charge in [-0.3, -0.25) is 0 Å². The van der Waals surface area contributed by atoms with Gasteiger partial charge in [-0.2, -0.15) is 0 Å². The lowest BCUT2D eigenvalue weighted by Crippen LogP contribution is -2.17. The highest BCUT2D eigenvalue weighted by Crippen LogP contribution is 2.58. The molecule has 22 aromatic rings. The number of rotatable bonds is 8. The Kier molecular flexibility index (Phi) is 24.1. The first-order valence-electron chi connectivity index (χ1n) is 48.8. The number of hydrogen-bond acceptors (Lipinski definition) is 3. The maximum Gasteiger partial charge on any atom is 0.0546 e. The molecular formula is C137H115Br2N3. The Morgan fingerprint density at radius 2 is 0.486 bits per heavy atom. The van der Waals surface area contributed by atoms with E-state index in [9.17, 15) is 0 Å². The number of nitrogens with zero attached hydrogens (tertiary/aromatic N) is 1. The van der Waals surface area contributed by atoms with Crippen LogP contribution in [-0.4, -0.2) is 0 Å². The summed E-state index contributed by atoms with van der Waals surface area (Å²) in [5, 5.41) is 18.7. The lowest BCUT2D eigenvalue weighted by atomic mass is 9.82. The van der Waals surface area contributed by atoms with Crippen molar-refractivity contribution in [3.63, 3.8) is 0 Å². The molecule has 0 heterocycles. The van der Waals surface area contributed by atoms with Gasteiger partial charge in [0.15, 0.2) is 0 Å². The van der Waals surface area contributed by atoms with Gasteiger partial charge in [-0.25, -0.2) is 0 Å². The quantitative estimate of drug-likeness (QED) is 0.149. The highest BCUT2D eigenvalue weighted by molar-refractivity contribution is 9.10. The summed E-state index contributed by atoms with van der Waals surface area (Å²) in [6.07, 6.45) is 0. The zero-order chi connectivity index (χ0) is 95.7. The minimum Gasteiger partial charge on any atom is -0.398 e. The Morgan fingerprint density at radius 1 is 0.204 bits per heavy atom. The van der Waals surface area contributed by atoms with Crippen LogP contribution in [0.4, 0.5) is 34.1 Å². The largest absolute Gasteiger partial charge is 0.398 e. The van der Waals surface area contributed by atoms with Gasteiger partial charge in [0.2, 0.25) is 0 Å². The standard InChI is InChI=1S/C50H39N.C35H27N.C20H15N.2C15H13Br.2CH4/c1-49(2)44-23-12-10-20-39(44)42-30-34(26-28-45(42)49)51(35-25-27-40-38-19-9-11-22-43(38)50(3,4)46(40)31-35)47-29-24-33-15-6-8-18-37(33)48(47)41-21-13-16-32-14-5-7-17-36(32)41;1-35(2)31-17-8-7-15-28(31)29-20-19-25(22-32(29)35)36-33-21-18-24-11-4-6-14-27(24)34(33)30-16-9-12-23-10-3-5-13-26(23)30;21-19-13-12-15-7-2-4-10-17(15)20(19)18-11-5-8-14-6-1-3-9-16(14)18;1-15(2)13-6-4-3-5-11(13)12-9-10(16)7-8-14(12)15;1-15(2)13-6-4-3-5-11(13)12-8-7-10(16)9-14(12)15;;/h5-31H,1-4H3;3-22,36H,1-2H3;1-13H,21H2;2*3-9H,1-2H3;2*1H4. The molecule has 0 spiro atoms. The van der Waals surface area contributed by atoms with E-state index in [2.05, 4.69) is 554 Å². The summed E-state index contributed by atoms with van der Waals surface area (Å²) in [5.74, 6) is 0. The molecule has 5 aliphatic rings. The summed E-state index contributed by atoms with van der Waals surface area (Å²) < 4.78 is 2.31. The van der Waals surface area contributed by atoms with Gasteiger partial charge in [0.25, 0.3) is 0 Å². The molecule has 3 N–H and O–H groups in total. The third-order valence-electron chi connectivity index (χ3n) is 30.8. The van der Waals surface area contributed by atoms with Crippen LogP contribution < -0.4 is 16.0 Å². The molecule has 0 bridgehead atoms. The number of hydrogen-bond donors (Lipinski definition) is 2. The molecule has 3 nitrogen and oxygen atoms in total. The molecule has 0 saturated heterocycles. The van der Waals surface area contributed by atoms with Crippen LogP contribution in [-0.2, 0) is 27.1 Å². The van der Waals surface area contributed by atoms with Crippen LogP contribution in [0.5, 0.6) is 0 Å². The highest BCUT2D eigenvalue weighted by atomic mass is 79.9. The van der Waals surface area contributed by atoms with Gasteiger partial charge >= 0.3 is 0 Å². The van der Waals surface area contributed by atoms with Crippen molar-refractivity contribution < 1.29 is 0 Å². The van der Waals surface area contributed by atoms with Crippen LogP contribution >= 0.6 is 31.9 Å². The SMILES string of the molecule is C.C.CC1(C)c2ccccc2-c2cc(Br)ccc21.CC1(C)c2ccccc2-c2cc(N(c3ccc4c(c3)C(C)(C)c3ccccc3-4)c3ccc4ccccc4c3-c3cccc4ccccc34)ccc21.CC1(C)c2ccccc2-c2ccc(Br)cc21.CC1(C)c2ccccc2-c2ccc(Nc3ccc4ccccc4c3-c3cccc4ccccc34)cc21.Nc1ccc2ccccc2c1-c1cccc2ccccc12. The molecule has 0 radical (unpaired) electrons. The Hall–Kier alpha value is -15.2. The molecule has 0 atom stereocenters. The summed E-state index contributed by atoms with van der Waals surface area (Å²) >= 11 is 7.12. The first kappa shape index (κ1) is 93.1. The Bertz CT molecular complexity index is 8750. The van der Waals surface area contributed by atoms with Crippen LogP contribution in [0.1, 0.15) is 140 Å². The van der Waals surface area contributed by atoms with Crippen LogP contribution in [0.15, 0.2) is 458 Å². The fourth-order valence-corrected chi connectivity index (χ4v) is 24.4. The maximum absolute atomic E-state index is 6.31. The topological polar surface area (TPSA) is 41.3 Å². The molecule has 22 aromatic carbocycles. The van der Waals surface area contributed by atoms with E-state index < -0.39 is 0 Å². The zero-order valence-electron chi connectivity index (χ0n) is 80.5. The third kappa shape index (κ3) is 15.8. The molecule has 0 fully saturated rings. The number of nitrogens with two attached hydrogens (primary N) is 1. The highest BCUT2D eigenvalue weighted by Gasteiger charge is 2.41. The first-order chi connectivity index (χ1) is 68.0. The summed E-state index contributed by atoms with van der Waals surface area (Å²) in [6, 6.07) is 163. The molecular weight excluding hydrogens is 1850 g/mol. The van der Waals surface area contributed by atoms with Crippen LogP contribution in [0.25, 0.3) is 154 Å². The number of halogens is 2.